The Hall–Kier alpha value is -4.19. The molecule has 0 aliphatic carbocycles. The summed E-state index contributed by atoms with van der Waals surface area (Å²) in [7, 11) is 0. The first-order chi connectivity index (χ1) is 15.1. The van der Waals surface area contributed by atoms with Gasteiger partial charge < -0.3 is 21.3 Å². The number of aromatic nitrogens is 3. The van der Waals surface area contributed by atoms with Crippen molar-refractivity contribution in [1.82, 2.24) is 15.0 Å². The number of nitrogens with one attached hydrogen (secondary N) is 2. The van der Waals surface area contributed by atoms with E-state index in [-0.39, 0.29) is 6.04 Å². The van der Waals surface area contributed by atoms with Gasteiger partial charge in [-0.05, 0) is 37.1 Å². The molecule has 1 atom stereocenters. The summed E-state index contributed by atoms with van der Waals surface area (Å²) in [5.74, 6) is 1.50. The molecule has 4 N–H and O–H groups in total. The van der Waals surface area contributed by atoms with Crippen LogP contribution >= 0.6 is 0 Å². The van der Waals surface area contributed by atoms with Crippen LogP contribution < -0.4 is 21.3 Å². The summed E-state index contributed by atoms with van der Waals surface area (Å²) in [4.78, 5) is 27.0. The fourth-order valence-corrected chi connectivity index (χ4v) is 3.57. The highest BCUT2D eigenvalue weighted by Crippen LogP contribution is 2.25. The monoisotopic (exact) mass is 414 g/mol. The van der Waals surface area contributed by atoms with E-state index in [1.807, 2.05) is 24.3 Å². The third-order valence-electron chi connectivity index (χ3n) is 5.07. The van der Waals surface area contributed by atoms with Crippen molar-refractivity contribution < 1.29 is 4.79 Å². The van der Waals surface area contributed by atoms with Crippen molar-refractivity contribution in [3.8, 4) is 6.07 Å². The Labute approximate surface area is 180 Å². The lowest BCUT2D eigenvalue weighted by Gasteiger charge is -2.34. The fourth-order valence-electron chi connectivity index (χ4n) is 3.57. The van der Waals surface area contributed by atoms with E-state index in [0.29, 0.717) is 35.0 Å². The smallest absolute Gasteiger partial charge is 0.252 e. The zero-order chi connectivity index (χ0) is 21.6. The Morgan fingerprint density at radius 3 is 2.77 bits per heavy atom. The molecule has 9 nitrogen and oxygen atoms in total. The van der Waals surface area contributed by atoms with Gasteiger partial charge in [0.15, 0.2) is 0 Å². The maximum Gasteiger partial charge on any atom is 0.252 e. The topological polar surface area (TPSA) is 133 Å². The van der Waals surface area contributed by atoms with Crippen molar-refractivity contribution in [2.45, 2.75) is 18.9 Å². The third-order valence-corrected chi connectivity index (χ3v) is 5.07. The number of primary amides is 1. The van der Waals surface area contributed by atoms with Crippen molar-refractivity contribution in [1.29, 1.82) is 5.26 Å². The lowest BCUT2D eigenvalue weighted by atomic mass is 10.0. The standard InChI is InChI=1S/C22H22N8O/c23-11-15-6-7-21(27-12-15)30-9-3-4-16(14-30)28-18-10-20(26-13-17(18)22(24)31)29-19-5-1-2-8-25-19/h1-2,5-8,10,12-13,16H,3-4,9,14H2,(H2,24,31)(H2,25,26,28,29)/t16-/m1/s1. The molecule has 0 saturated carbocycles. The Kier molecular flexibility index (Phi) is 5.89. The predicted octanol–water partition coefficient (Wildman–Crippen LogP) is 2.67. The molecule has 4 rings (SSSR count). The largest absolute Gasteiger partial charge is 0.380 e. The van der Waals surface area contributed by atoms with Crippen molar-refractivity contribution in [2.24, 2.45) is 5.73 Å². The summed E-state index contributed by atoms with van der Waals surface area (Å²) >= 11 is 0. The molecule has 3 aromatic heterocycles. The Balaban J connectivity index is 1.51. The number of amides is 1. The van der Waals surface area contributed by atoms with E-state index in [0.717, 1.165) is 25.2 Å². The summed E-state index contributed by atoms with van der Waals surface area (Å²) in [6.45, 7) is 1.59. The Morgan fingerprint density at radius 2 is 2.06 bits per heavy atom. The number of hydrogen-bond acceptors (Lipinski definition) is 8. The van der Waals surface area contributed by atoms with E-state index in [2.05, 4.69) is 36.6 Å². The molecule has 0 unspecified atom stereocenters. The number of pyridine rings is 3. The minimum absolute atomic E-state index is 0.0920. The molecule has 1 aliphatic rings. The van der Waals surface area contributed by atoms with Gasteiger partial charge in [-0.1, -0.05) is 6.07 Å². The molecule has 31 heavy (non-hydrogen) atoms. The second-order valence-electron chi connectivity index (χ2n) is 7.27. The zero-order valence-corrected chi connectivity index (χ0v) is 16.8. The van der Waals surface area contributed by atoms with Crippen LogP contribution in [0.4, 0.5) is 23.1 Å². The Bertz CT molecular complexity index is 1090. The average Bonchev–Trinajstić information content (AvgIpc) is 2.80. The Morgan fingerprint density at radius 1 is 1.16 bits per heavy atom. The van der Waals surface area contributed by atoms with Crippen molar-refractivity contribution in [3.63, 3.8) is 0 Å². The number of rotatable bonds is 6. The molecule has 0 radical (unpaired) electrons. The van der Waals surface area contributed by atoms with Gasteiger partial charge in [0.1, 0.15) is 23.5 Å². The van der Waals surface area contributed by atoms with Gasteiger partial charge in [-0.25, -0.2) is 15.0 Å². The first-order valence-electron chi connectivity index (χ1n) is 9.98. The van der Waals surface area contributed by atoms with Gasteiger partial charge in [-0.2, -0.15) is 5.26 Å². The van der Waals surface area contributed by atoms with Gasteiger partial charge in [0.25, 0.3) is 5.91 Å². The number of carbonyl (C=O) groups excluding carboxylic acids is 1. The molecule has 156 valence electrons. The molecule has 1 saturated heterocycles. The summed E-state index contributed by atoms with van der Waals surface area (Å²) in [5, 5.41) is 15.6. The molecular weight excluding hydrogens is 392 g/mol. The SMILES string of the molecule is N#Cc1ccc(N2CCC[C@@H](Nc3cc(Nc4ccccn4)ncc3C(N)=O)C2)nc1. The van der Waals surface area contributed by atoms with Gasteiger partial charge in [-0.15, -0.1) is 0 Å². The molecule has 4 heterocycles. The second kappa shape index (κ2) is 9.09. The van der Waals surface area contributed by atoms with Gasteiger partial charge in [-0.3, -0.25) is 4.79 Å². The lowest BCUT2D eigenvalue weighted by Crippen LogP contribution is -2.42. The number of nitrogens with two attached hydrogens (primary N) is 1. The fraction of sp³-hybridized carbons (Fsp3) is 0.227. The molecule has 1 fully saturated rings. The van der Waals surface area contributed by atoms with Crippen LogP contribution in [0, 0.1) is 11.3 Å². The van der Waals surface area contributed by atoms with Crippen molar-refractivity contribution in [3.05, 3.63) is 66.1 Å². The minimum atomic E-state index is -0.541. The number of nitrogens with zero attached hydrogens (tertiary/aromatic N) is 5. The summed E-state index contributed by atoms with van der Waals surface area (Å²) < 4.78 is 0. The van der Waals surface area contributed by atoms with E-state index in [1.54, 1.807) is 24.5 Å². The molecule has 3 aromatic rings. The van der Waals surface area contributed by atoms with E-state index in [9.17, 15) is 4.79 Å². The van der Waals surface area contributed by atoms with Gasteiger partial charge in [0, 0.05) is 43.8 Å². The normalized spacial score (nSPS) is 15.7. The zero-order valence-electron chi connectivity index (χ0n) is 16.8. The van der Waals surface area contributed by atoms with Crippen LogP contribution in [0.1, 0.15) is 28.8 Å². The van der Waals surface area contributed by atoms with E-state index < -0.39 is 5.91 Å². The minimum Gasteiger partial charge on any atom is -0.380 e. The summed E-state index contributed by atoms with van der Waals surface area (Å²) in [6, 6.07) is 13.1. The summed E-state index contributed by atoms with van der Waals surface area (Å²) in [5.41, 5.74) is 7.06. The molecule has 0 aromatic carbocycles. The predicted molar refractivity (Wildman–Crippen MR) is 118 cm³/mol. The number of carbonyl (C=O) groups is 1. The van der Waals surface area contributed by atoms with Gasteiger partial charge in [0.05, 0.1) is 16.8 Å². The maximum absolute atomic E-state index is 11.9. The third kappa shape index (κ3) is 4.87. The maximum atomic E-state index is 11.9. The van der Waals surface area contributed by atoms with Crippen LogP contribution in [0.5, 0.6) is 0 Å². The number of anilines is 4. The van der Waals surface area contributed by atoms with Crippen LogP contribution in [0.25, 0.3) is 0 Å². The molecule has 1 amide bonds. The molecule has 0 bridgehead atoms. The summed E-state index contributed by atoms with van der Waals surface area (Å²) in [6.07, 6.45) is 6.65. The average molecular weight is 414 g/mol. The molecule has 1 aliphatic heterocycles. The van der Waals surface area contributed by atoms with Crippen LogP contribution in [0.3, 0.4) is 0 Å². The first kappa shape index (κ1) is 20.1. The quantitative estimate of drug-likeness (QED) is 0.561. The second-order valence-corrected chi connectivity index (χ2v) is 7.27. The van der Waals surface area contributed by atoms with Crippen LogP contribution in [0.15, 0.2) is 55.0 Å². The molecular formula is C22H22N8O. The number of hydrogen-bond donors (Lipinski definition) is 3. The molecule has 9 heteroatoms. The van der Waals surface area contributed by atoms with Crippen LogP contribution in [-0.2, 0) is 0 Å². The van der Waals surface area contributed by atoms with E-state index >= 15 is 0 Å². The first-order valence-corrected chi connectivity index (χ1v) is 9.98. The van der Waals surface area contributed by atoms with E-state index in [1.165, 1.54) is 6.20 Å². The van der Waals surface area contributed by atoms with E-state index in [4.69, 9.17) is 11.0 Å². The number of piperidine rings is 1. The van der Waals surface area contributed by atoms with Crippen LogP contribution in [-0.4, -0.2) is 40.0 Å². The number of nitriles is 1. The highest BCUT2D eigenvalue weighted by atomic mass is 16.1. The van der Waals surface area contributed by atoms with Crippen LogP contribution in [0.2, 0.25) is 0 Å². The van der Waals surface area contributed by atoms with Gasteiger partial charge in [0.2, 0.25) is 0 Å². The van der Waals surface area contributed by atoms with Crippen molar-refractivity contribution >= 4 is 29.0 Å². The van der Waals surface area contributed by atoms with Crippen molar-refractivity contribution in [2.75, 3.05) is 28.6 Å². The lowest BCUT2D eigenvalue weighted by molar-refractivity contribution is 0.100. The highest BCUT2D eigenvalue weighted by molar-refractivity contribution is 5.98. The van der Waals surface area contributed by atoms with Gasteiger partial charge >= 0.3 is 0 Å². The highest BCUT2D eigenvalue weighted by Gasteiger charge is 2.22. The molecule has 0 spiro atoms.